The van der Waals surface area contributed by atoms with Crippen LogP contribution < -0.4 is 16.0 Å². The number of anilines is 1. The minimum Gasteiger partial charge on any atom is -0.344 e. The summed E-state index contributed by atoms with van der Waals surface area (Å²) in [5.74, 6) is -0.542. The Kier molecular flexibility index (Phi) is 5.52. The van der Waals surface area contributed by atoms with E-state index < -0.39 is 6.04 Å². The topological polar surface area (TPSA) is 93.2 Å². The van der Waals surface area contributed by atoms with Gasteiger partial charge in [-0.2, -0.15) is 5.10 Å². The minimum absolute atomic E-state index is 0. The average molecular weight is 302 g/mol. The molecule has 1 fully saturated rings. The Morgan fingerprint density at radius 2 is 2.35 bits per heavy atom. The zero-order valence-electron chi connectivity index (χ0n) is 11.6. The van der Waals surface area contributed by atoms with E-state index in [1.165, 1.54) is 0 Å². The fourth-order valence-corrected chi connectivity index (χ4v) is 2.04. The number of nitrogens with one attached hydrogen (secondary N) is 1. The molecule has 1 aromatic heterocycles. The van der Waals surface area contributed by atoms with Crippen LogP contribution >= 0.6 is 12.4 Å². The molecule has 0 bridgehead atoms. The maximum absolute atomic E-state index is 12.2. The Labute approximate surface area is 123 Å². The molecule has 7 nitrogen and oxygen atoms in total. The number of hydrogen-bond acceptors (Lipinski definition) is 4. The summed E-state index contributed by atoms with van der Waals surface area (Å²) in [6.07, 6.45) is 4.03. The molecule has 2 amide bonds. The van der Waals surface area contributed by atoms with Crippen molar-refractivity contribution in [1.29, 1.82) is 0 Å². The molecule has 1 aliphatic heterocycles. The highest BCUT2D eigenvalue weighted by Gasteiger charge is 2.34. The Morgan fingerprint density at radius 3 is 2.90 bits per heavy atom. The molecule has 20 heavy (non-hydrogen) atoms. The smallest absolute Gasteiger partial charge is 0.249 e. The molecule has 0 aliphatic carbocycles. The molecule has 2 rings (SSSR count). The van der Waals surface area contributed by atoms with Gasteiger partial charge in [0.25, 0.3) is 0 Å². The van der Waals surface area contributed by atoms with Crippen LogP contribution in [-0.2, 0) is 16.6 Å². The summed E-state index contributed by atoms with van der Waals surface area (Å²) < 4.78 is 1.64. The molecule has 1 aromatic rings. The van der Waals surface area contributed by atoms with Gasteiger partial charge in [0.15, 0.2) is 0 Å². The fraction of sp³-hybridized carbons (Fsp3) is 0.583. The van der Waals surface area contributed by atoms with Gasteiger partial charge in [0.05, 0.1) is 11.9 Å². The molecule has 0 saturated carbocycles. The number of nitrogens with two attached hydrogens (primary N) is 1. The summed E-state index contributed by atoms with van der Waals surface area (Å²) in [7, 11) is 1.80. The zero-order chi connectivity index (χ0) is 14.0. The maximum Gasteiger partial charge on any atom is 0.249 e. The SMILES string of the molecule is CC(CN)C(=O)NC1CCN(c2cnn(C)c2)C1=O.Cl. The van der Waals surface area contributed by atoms with Crippen LogP contribution in [0.15, 0.2) is 12.4 Å². The van der Waals surface area contributed by atoms with Crippen molar-refractivity contribution in [1.82, 2.24) is 15.1 Å². The molecular formula is C12H20ClN5O2. The summed E-state index contributed by atoms with van der Waals surface area (Å²) in [6, 6.07) is -0.457. The minimum atomic E-state index is -0.457. The van der Waals surface area contributed by atoms with Crippen LogP contribution in [-0.4, -0.2) is 40.7 Å². The van der Waals surface area contributed by atoms with E-state index in [2.05, 4.69) is 10.4 Å². The van der Waals surface area contributed by atoms with Crippen molar-refractivity contribution >= 4 is 29.9 Å². The number of nitrogens with zero attached hydrogens (tertiary/aromatic N) is 3. The van der Waals surface area contributed by atoms with Gasteiger partial charge in [-0.15, -0.1) is 12.4 Å². The summed E-state index contributed by atoms with van der Waals surface area (Å²) in [5, 5.41) is 6.79. The van der Waals surface area contributed by atoms with Crippen LogP contribution in [0.1, 0.15) is 13.3 Å². The summed E-state index contributed by atoms with van der Waals surface area (Å²) in [6.45, 7) is 2.61. The van der Waals surface area contributed by atoms with Crippen molar-refractivity contribution < 1.29 is 9.59 Å². The maximum atomic E-state index is 12.2. The zero-order valence-corrected chi connectivity index (χ0v) is 12.4. The molecule has 3 N–H and O–H groups in total. The lowest BCUT2D eigenvalue weighted by atomic mass is 10.1. The standard InChI is InChI=1S/C12H19N5O2.ClH/c1-8(5-13)11(18)15-10-3-4-17(12(10)19)9-6-14-16(2)7-9;/h6-8,10H,3-5,13H2,1-2H3,(H,15,18);1H. The monoisotopic (exact) mass is 301 g/mol. The van der Waals surface area contributed by atoms with Gasteiger partial charge >= 0.3 is 0 Å². The first-order valence-electron chi connectivity index (χ1n) is 6.33. The Bertz CT molecular complexity index is 490. The van der Waals surface area contributed by atoms with Gasteiger partial charge in [-0.25, -0.2) is 0 Å². The normalized spacial score (nSPS) is 19.6. The van der Waals surface area contributed by atoms with E-state index >= 15 is 0 Å². The van der Waals surface area contributed by atoms with E-state index in [9.17, 15) is 9.59 Å². The first-order valence-corrected chi connectivity index (χ1v) is 6.33. The predicted molar refractivity (Wildman–Crippen MR) is 77.6 cm³/mol. The number of aromatic nitrogens is 2. The van der Waals surface area contributed by atoms with E-state index in [1.807, 2.05) is 0 Å². The molecule has 0 radical (unpaired) electrons. The van der Waals surface area contributed by atoms with Crippen LogP contribution in [0.5, 0.6) is 0 Å². The Hall–Kier alpha value is -1.60. The average Bonchev–Trinajstić information content (AvgIpc) is 2.96. The second kappa shape index (κ2) is 6.71. The molecule has 1 aliphatic rings. The lowest BCUT2D eigenvalue weighted by Gasteiger charge is -2.16. The van der Waals surface area contributed by atoms with Crippen molar-refractivity contribution in [2.24, 2.45) is 18.7 Å². The number of carbonyl (C=O) groups excluding carboxylic acids is 2. The van der Waals surface area contributed by atoms with Crippen molar-refractivity contribution in [2.75, 3.05) is 18.0 Å². The van der Waals surface area contributed by atoms with Gasteiger partial charge in [0, 0.05) is 32.3 Å². The summed E-state index contributed by atoms with van der Waals surface area (Å²) >= 11 is 0. The highest BCUT2D eigenvalue weighted by molar-refractivity contribution is 6.01. The molecule has 8 heteroatoms. The van der Waals surface area contributed by atoms with Crippen molar-refractivity contribution in [3.63, 3.8) is 0 Å². The van der Waals surface area contributed by atoms with Crippen LogP contribution in [0, 0.1) is 5.92 Å². The van der Waals surface area contributed by atoms with E-state index in [0.29, 0.717) is 13.0 Å². The third-order valence-electron chi connectivity index (χ3n) is 3.33. The van der Waals surface area contributed by atoms with Crippen LogP contribution in [0.25, 0.3) is 0 Å². The number of hydrogen-bond donors (Lipinski definition) is 2. The largest absolute Gasteiger partial charge is 0.344 e. The highest BCUT2D eigenvalue weighted by atomic mass is 35.5. The molecule has 2 atom stereocenters. The first-order chi connectivity index (χ1) is 9.02. The van der Waals surface area contributed by atoms with Crippen LogP contribution in [0.2, 0.25) is 0 Å². The lowest BCUT2D eigenvalue weighted by Crippen LogP contribution is -2.44. The summed E-state index contributed by atoms with van der Waals surface area (Å²) in [5.41, 5.74) is 6.20. The van der Waals surface area contributed by atoms with E-state index in [1.54, 1.807) is 35.9 Å². The van der Waals surface area contributed by atoms with Gasteiger partial charge < -0.3 is 16.0 Å². The van der Waals surface area contributed by atoms with E-state index in [-0.39, 0.29) is 36.7 Å². The number of amides is 2. The predicted octanol–water partition coefficient (Wildman–Crippen LogP) is -0.342. The molecular weight excluding hydrogens is 282 g/mol. The molecule has 2 heterocycles. The molecule has 1 saturated heterocycles. The third-order valence-corrected chi connectivity index (χ3v) is 3.33. The van der Waals surface area contributed by atoms with Gasteiger partial charge in [-0.05, 0) is 6.42 Å². The van der Waals surface area contributed by atoms with E-state index in [0.717, 1.165) is 5.69 Å². The van der Waals surface area contributed by atoms with Gasteiger partial charge in [0.2, 0.25) is 11.8 Å². The van der Waals surface area contributed by atoms with Crippen molar-refractivity contribution in [3.05, 3.63) is 12.4 Å². The van der Waals surface area contributed by atoms with E-state index in [4.69, 9.17) is 5.73 Å². The van der Waals surface area contributed by atoms with Gasteiger partial charge in [-0.3, -0.25) is 14.3 Å². The Morgan fingerprint density at radius 1 is 1.65 bits per heavy atom. The number of carbonyl (C=O) groups is 2. The number of halogens is 1. The number of aryl methyl sites for hydroxylation is 1. The molecule has 112 valence electrons. The van der Waals surface area contributed by atoms with Crippen LogP contribution in [0.4, 0.5) is 5.69 Å². The Balaban J connectivity index is 0.00000200. The summed E-state index contributed by atoms with van der Waals surface area (Å²) in [4.78, 5) is 25.6. The van der Waals surface area contributed by atoms with Gasteiger partial charge in [0.1, 0.15) is 6.04 Å². The second-order valence-corrected chi connectivity index (χ2v) is 4.85. The fourth-order valence-electron chi connectivity index (χ4n) is 2.04. The quantitative estimate of drug-likeness (QED) is 0.795. The van der Waals surface area contributed by atoms with Gasteiger partial charge in [-0.1, -0.05) is 6.92 Å². The molecule has 0 spiro atoms. The lowest BCUT2D eigenvalue weighted by molar-refractivity contribution is -0.128. The molecule has 2 unspecified atom stereocenters. The van der Waals surface area contributed by atoms with Crippen molar-refractivity contribution in [2.45, 2.75) is 19.4 Å². The highest BCUT2D eigenvalue weighted by Crippen LogP contribution is 2.20. The number of rotatable bonds is 4. The first kappa shape index (κ1) is 16.5. The second-order valence-electron chi connectivity index (χ2n) is 4.85. The third kappa shape index (κ3) is 3.29. The van der Waals surface area contributed by atoms with Crippen LogP contribution in [0.3, 0.4) is 0 Å². The van der Waals surface area contributed by atoms with Crippen molar-refractivity contribution in [3.8, 4) is 0 Å². The molecule has 0 aromatic carbocycles.